The van der Waals surface area contributed by atoms with E-state index in [0.29, 0.717) is 18.5 Å². The van der Waals surface area contributed by atoms with Gasteiger partial charge in [-0.15, -0.1) is 0 Å². The molecule has 152 valence electrons. The Kier molecular flexibility index (Phi) is 7.45. The van der Waals surface area contributed by atoms with Crippen LogP contribution >= 0.6 is 0 Å². The number of para-hydroxylation sites is 1. The number of ether oxygens (including phenoxy) is 1. The quantitative estimate of drug-likeness (QED) is 0.564. The average molecular weight is 385 g/mol. The predicted octanol–water partition coefficient (Wildman–Crippen LogP) is 1.89. The number of rotatable bonds is 7. The van der Waals surface area contributed by atoms with Gasteiger partial charge in [-0.05, 0) is 17.5 Å². The van der Waals surface area contributed by atoms with E-state index >= 15 is 0 Å². The van der Waals surface area contributed by atoms with Crippen LogP contribution in [0.2, 0.25) is 0 Å². The standard InChI is InChI=1S/C21H32N6O/c1-17(2)20(26-10-12-28-13-11-26)15-25-21(22-3)24-14-18-6-4-5-7-19(18)27-9-8-23-16-27/h4-9,16-17,20H,10-15H2,1-3H3,(H2,22,24,25). The molecule has 1 unspecified atom stereocenters. The van der Waals surface area contributed by atoms with Crippen molar-refractivity contribution in [2.24, 2.45) is 10.9 Å². The van der Waals surface area contributed by atoms with Gasteiger partial charge in [0.05, 0.1) is 25.2 Å². The second-order valence-corrected chi connectivity index (χ2v) is 7.37. The van der Waals surface area contributed by atoms with E-state index in [1.54, 1.807) is 6.20 Å². The van der Waals surface area contributed by atoms with Crippen molar-refractivity contribution in [3.63, 3.8) is 0 Å². The minimum atomic E-state index is 0.459. The van der Waals surface area contributed by atoms with Gasteiger partial charge in [-0.1, -0.05) is 32.0 Å². The Morgan fingerprint density at radius 2 is 2.00 bits per heavy atom. The molecule has 2 aromatic rings. The molecule has 2 heterocycles. The number of imidazole rings is 1. The van der Waals surface area contributed by atoms with Crippen LogP contribution in [-0.2, 0) is 11.3 Å². The van der Waals surface area contributed by atoms with Gasteiger partial charge in [0.25, 0.3) is 0 Å². The van der Waals surface area contributed by atoms with E-state index in [2.05, 4.69) is 57.6 Å². The number of benzene rings is 1. The summed E-state index contributed by atoms with van der Waals surface area (Å²) in [6.45, 7) is 9.74. The van der Waals surface area contributed by atoms with Crippen molar-refractivity contribution in [1.82, 2.24) is 25.1 Å². The van der Waals surface area contributed by atoms with Crippen molar-refractivity contribution in [2.75, 3.05) is 39.9 Å². The third-order valence-corrected chi connectivity index (χ3v) is 5.21. The summed E-state index contributed by atoms with van der Waals surface area (Å²) in [6.07, 6.45) is 5.57. The van der Waals surface area contributed by atoms with Crippen LogP contribution in [0.4, 0.5) is 0 Å². The molecule has 0 spiro atoms. The number of nitrogens with one attached hydrogen (secondary N) is 2. The van der Waals surface area contributed by atoms with Crippen molar-refractivity contribution in [2.45, 2.75) is 26.4 Å². The maximum Gasteiger partial charge on any atom is 0.191 e. The highest BCUT2D eigenvalue weighted by molar-refractivity contribution is 5.79. The summed E-state index contributed by atoms with van der Waals surface area (Å²) >= 11 is 0. The number of hydrogen-bond donors (Lipinski definition) is 2. The third-order valence-electron chi connectivity index (χ3n) is 5.21. The van der Waals surface area contributed by atoms with Crippen LogP contribution in [0, 0.1) is 5.92 Å². The fourth-order valence-electron chi connectivity index (χ4n) is 3.61. The molecule has 2 N–H and O–H groups in total. The maximum atomic E-state index is 5.50. The highest BCUT2D eigenvalue weighted by Gasteiger charge is 2.23. The molecule has 1 aromatic carbocycles. The topological polar surface area (TPSA) is 66.7 Å². The Morgan fingerprint density at radius 1 is 1.21 bits per heavy atom. The molecule has 3 rings (SSSR count). The molecule has 1 aromatic heterocycles. The third kappa shape index (κ3) is 5.33. The molecule has 1 aliphatic heterocycles. The van der Waals surface area contributed by atoms with E-state index in [-0.39, 0.29) is 0 Å². The normalized spacial score (nSPS) is 16.9. The first-order valence-electron chi connectivity index (χ1n) is 10.0. The minimum Gasteiger partial charge on any atom is -0.379 e. The van der Waals surface area contributed by atoms with Crippen LogP contribution in [0.3, 0.4) is 0 Å². The second-order valence-electron chi connectivity index (χ2n) is 7.37. The van der Waals surface area contributed by atoms with Crippen LogP contribution in [0.5, 0.6) is 0 Å². The summed E-state index contributed by atoms with van der Waals surface area (Å²) in [5.74, 6) is 1.38. The van der Waals surface area contributed by atoms with Crippen LogP contribution in [0.15, 0.2) is 48.0 Å². The molecule has 7 nitrogen and oxygen atoms in total. The van der Waals surface area contributed by atoms with Crippen LogP contribution in [-0.4, -0.2) is 66.3 Å². The molecule has 0 radical (unpaired) electrons. The zero-order valence-corrected chi connectivity index (χ0v) is 17.1. The lowest BCUT2D eigenvalue weighted by Gasteiger charge is -2.37. The molecule has 28 heavy (non-hydrogen) atoms. The van der Waals surface area contributed by atoms with E-state index in [9.17, 15) is 0 Å². The number of nitrogens with zero attached hydrogens (tertiary/aromatic N) is 4. The predicted molar refractivity (Wildman–Crippen MR) is 113 cm³/mol. The number of aromatic nitrogens is 2. The number of aliphatic imine (C=N–C) groups is 1. The lowest BCUT2D eigenvalue weighted by Crippen LogP contribution is -2.52. The van der Waals surface area contributed by atoms with Crippen molar-refractivity contribution in [1.29, 1.82) is 0 Å². The Balaban J connectivity index is 1.58. The zero-order valence-electron chi connectivity index (χ0n) is 17.1. The molecule has 0 saturated carbocycles. The van der Waals surface area contributed by atoms with Crippen LogP contribution in [0.1, 0.15) is 19.4 Å². The van der Waals surface area contributed by atoms with E-state index in [0.717, 1.165) is 44.5 Å². The molecule has 0 bridgehead atoms. The largest absolute Gasteiger partial charge is 0.379 e. The fraction of sp³-hybridized carbons (Fsp3) is 0.524. The smallest absolute Gasteiger partial charge is 0.191 e. The molecule has 1 saturated heterocycles. The zero-order chi connectivity index (χ0) is 19.8. The average Bonchev–Trinajstić information content (AvgIpc) is 3.26. The Labute approximate surface area is 167 Å². The molecule has 1 aliphatic rings. The lowest BCUT2D eigenvalue weighted by molar-refractivity contribution is 0.00752. The summed E-state index contributed by atoms with van der Waals surface area (Å²) in [6, 6.07) is 8.78. The first-order valence-corrected chi connectivity index (χ1v) is 10.0. The molecule has 0 amide bonds. The van der Waals surface area contributed by atoms with Crippen molar-refractivity contribution in [3.8, 4) is 5.69 Å². The van der Waals surface area contributed by atoms with Crippen molar-refractivity contribution < 1.29 is 4.74 Å². The Hall–Kier alpha value is -2.38. The SMILES string of the molecule is CN=C(NCc1ccccc1-n1ccnc1)NCC(C(C)C)N1CCOCC1. The van der Waals surface area contributed by atoms with Gasteiger partial charge in [0.15, 0.2) is 5.96 Å². The molecule has 1 fully saturated rings. The van der Waals surface area contributed by atoms with Gasteiger partial charge >= 0.3 is 0 Å². The molecule has 7 heteroatoms. The summed E-state index contributed by atoms with van der Waals surface area (Å²) in [4.78, 5) is 11.1. The van der Waals surface area contributed by atoms with Gasteiger partial charge in [0, 0.05) is 51.7 Å². The van der Waals surface area contributed by atoms with E-state index in [1.165, 1.54) is 5.56 Å². The number of morpholine rings is 1. The Morgan fingerprint density at radius 3 is 2.68 bits per heavy atom. The molecular formula is C21H32N6O. The highest BCUT2D eigenvalue weighted by Crippen LogP contribution is 2.14. The van der Waals surface area contributed by atoms with Gasteiger partial charge in [0.1, 0.15) is 0 Å². The Bertz CT molecular complexity index is 737. The lowest BCUT2D eigenvalue weighted by atomic mass is 10.0. The molecule has 0 aliphatic carbocycles. The fourth-order valence-corrected chi connectivity index (χ4v) is 3.61. The number of guanidine groups is 1. The van der Waals surface area contributed by atoms with Crippen LogP contribution < -0.4 is 10.6 Å². The summed E-state index contributed by atoms with van der Waals surface area (Å²) < 4.78 is 7.53. The second kappa shape index (κ2) is 10.2. The van der Waals surface area contributed by atoms with Gasteiger partial charge in [-0.25, -0.2) is 4.98 Å². The van der Waals surface area contributed by atoms with E-state index in [4.69, 9.17) is 4.74 Å². The first-order chi connectivity index (χ1) is 13.7. The van der Waals surface area contributed by atoms with Gasteiger partial charge in [-0.3, -0.25) is 9.89 Å². The highest BCUT2D eigenvalue weighted by atomic mass is 16.5. The van der Waals surface area contributed by atoms with Gasteiger partial charge in [-0.2, -0.15) is 0 Å². The number of hydrogen-bond acceptors (Lipinski definition) is 4. The van der Waals surface area contributed by atoms with Gasteiger partial charge < -0.3 is 19.9 Å². The summed E-state index contributed by atoms with van der Waals surface area (Å²) in [5, 5.41) is 6.96. The summed E-state index contributed by atoms with van der Waals surface area (Å²) in [5.41, 5.74) is 2.31. The van der Waals surface area contributed by atoms with E-state index < -0.39 is 0 Å². The van der Waals surface area contributed by atoms with Crippen molar-refractivity contribution in [3.05, 3.63) is 48.5 Å². The summed E-state index contributed by atoms with van der Waals surface area (Å²) in [7, 11) is 1.82. The first kappa shape index (κ1) is 20.4. The molecular weight excluding hydrogens is 352 g/mol. The minimum absolute atomic E-state index is 0.459. The monoisotopic (exact) mass is 384 g/mol. The van der Waals surface area contributed by atoms with Crippen molar-refractivity contribution >= 4 is 5.96 Å². The van der Waals surface area contributed by atoms with E-state index in [1.807, 2.05) is 30.2 Å². The van der Waals surface area contributed by atoms with Crippen LogP contribution in [0.25, 0.3) is 5.69 Å². The maximum absolute atomic E-state index is 5.50. The molecule has 1 atom stereocenters. The van der Waals surface area contributed by atoms with Gasteiger partial charge in [0.2, 0.25) is 0 Å².